The molecule has 0 unspecified atom stereocenters. The third-order valence-corrected chi connectivity index (χ3v) is 6.73. The van der Waals surface area contributed by atoms with Crippen molar-refractivity contribution in [1.82, 2.24) is 29.2 Å². The number of ether oxygens (including phenoxy) is 2. The average molecular weight is 509 g/mol. The predicted octanol–water partition coefficient (Wildman–Crippen LogP) is 4.18. The van der Waals surface area contributed by atoms with Crippen LogP contribution in [-0.4, -0.2) is 71.8 Å². The van der Waals surface area contributed by atoms with Crippen LogP contribution in [0.15, 0.2) is 24.4 Å². The molecule has 10 heteroatoms. The van der Waals surface area contributed by atoms with E-state index in [2.05, 4.69) is 28.5 Å². The molecule has 1 N–H and O–H groups in total. The third kappa shape index (κ3) is 5.07. The second-order valence-corrected chi connectivity index (χ2v) is 11.2. The second-order valence-electron chi connectivity index (χ2n) is 11.2. The number of piperidine rings is 1. The molecule has 1 amide bonds. The minimum absolute atomic E-state index is 0.0984. The molecule has 1 saturated heterocycles. The lowest BCUT2D eigenvalue weighted by atomic mass is 9.86. The molecule has 2 atom stereocenters. The summed E-state index contributed by atoms with van der Waals surface area (Å²) in [6.45, 7) is 13.5. The van der Waals surface area contributed by atoms with Crippen molar-refractivity contribution in [2.24, 2.45) is 0 Å². The van der Waals surface area contributed by atoms with E-state index in [1.807, 2.05) is 56.8 Å². The van der Waals surface area contributed by atoms with Crippen molar-refractivity contribution in [3.63, 3.8) is 0 Å². The smallest absolute Gasteiger partial charge is 0.410 e. The highest BCUT2D eigenvalue weighted by molar-refractivity contribution is 5.70. The summed E-state index contributed by atoms with van der Waals surface area (Å²) in [6, 6.07) is 6.23. The number of nitrogens with zero attached hydrogens (tertiary/aromatic N) is 6. The molecule has 2 aliphatic heterocycles. The number of hydrogen-bond acceptors (Lipinski definition) is 7. The Labute approximate surface area is 217 Å². The van der Waals surface area contributed by atoms with E-state index < -0.39 is 11.7 Å². The van der Waals surface area contributed by atoms with Crippen molar-refractivity contribution < 1.29 is 19.4 Å². The number of aliphatic hydroxyl groups excluding tert-OH is 1. The fraction of sp³-hybridized carbons (Fsp3) is 0.556. The molecule has 2 aliphatic rings. The van der Waals surface area contributed by atoms with Crippen LogP contribution < -0.4 is 4.74 Å². The van der Waals surface area contributed by atoms with Gasteiger partial charge in [0.15, 0.2) is 5.82 Å². The molecule has 0 radical (unpaired) electrons. The lowest BCUT2D eigenvalue weighted by Crippen LogP contribution is -2.47. The molecule has 1 aromatic carbocycles. The Morgan fingerprint density at radius 1 is 1.19 bits per heavy atom. The average Bonchev–Trinajstić information content (AvgIpc) is 3.37. The maximum Gasteiger partial charge on any atom is 0.410 e. The molecule has 10 nitrogen and oxygen atoms in total. The number of aliphatic hydroxyl groups is 1. The summed E-state index contributed by atoms with van der Waals surface area (Å²) in [6.07, 6.45) is 1.58. The van der Waals surface area contributed by atoms with Gasteiger partial charge in [-0.2, -0.15) is 5.10 Å². The van der Waals surface area contributed by atoms with E-state index in [4.69, 9.17) is 14.5 Å². The number of imidazole rings is 1. The molecular formula is C27H36N6O4. The van der Waals surface area contributed by atoms with E-state index in [1.54, 1.807) is 4.90 Å². The van der Waals surface area contributed by atoms with Gasteiger partial charge < -0.3 is 24.0 Å². The highest BCUT2D eigenvalue weighted by atomic mass is 16.6. The maximum absolute atomic E-state index is 12.5. The van der Waals surface area contributed by atoms with Crippen LogP contribution in [0.3, 0.4) is 0 Å². The fourth-order valence-electron chi connectivity index (χ4n) is 5.01. The van der Waals surface area contributed by atoms with Crippen molar-refractivity contribution in [2.45, 2.75) is 78.2 Å². The largest absolute Gasteiger partial charge is 0.491 e. The third-order valence-electron chi connectivity index (χ3n) is 6.73. The van der Waals surface area contributed by atoms with Gasteiger partial charge in [-0.25, -0.2) is 19.4 Å². The minimum atomic E-state index is -0.690. The highest BCUT2D eigenvalue weighted by Crippen LogP contribution is 2.38. The van der Waals surface area contributed by atoms with E-state index in [0.29, 0.717) is 26.1 Å². The zero-order chi connectivity index (χ0) is 26.5. The van der Waals surface area contributed by atoms with Gasteiger partial charge in [-0.05, 0) is 65.7 Å². The molecule has 0 saturated carbocycles. The maximum atomic E-state index is 12.5. The number of hydrogen-bond donors (Lipinski definition) is 1. The quantitative estimate of drug-likeness (QED) is 0.566. The molecule has 0 spiro atoms. The predicted molar refractivity (Wildman–Crippen MR) is 138 cm³/mol. The fourth-order valence-corrected chi connectivity index (χ4v) is 5.01. The van der Waals surface area contributed by atoms with Crippen LogP contribution in [0.5, 0.6) is 5.75 Å². The van der Waals surface area contributed by atoms with Gasteiger partial charge in [0.2, 0.25) is 0 Å². The SMILES string of the molecule is Cc1nc(-c2cn3c(n2)-c2ccc([C@@H]4CCN(C(=O)OC(C)(C)C)C[C@H]4O)cc2OCC3)n(C(C)C)n1. The first-order valence-electron chi connectivity index (χ1n) is 12.9. The summed E-state index contributed by atoms with van der Waals surface area (Å²) in [5.74, 6) is 2.95. The first-order chi connectivity index (χ1) is 17.5. The van der Waals surface area contributed by atoms with Crippen molar-refractivity contribution in [3.05, 3.63) is 35.8 Å². The standard InChI is InChI=1S/C27H36N6O4/c1-16(2)33-25(28-17(3)30-33)21-14-31-11-12-36-23-13-18(7-8-20(23)24(31)29-21)19-9-10-32(15-22(19)34)26(35)37-27(4,5)6/h7-8,13-14,16,19,22,34H,9-12,15H2,1-6H3/t19-,22+/m0/s1. The van der Waals surface area contributed by atoms with Crippen LogP contribution in [-0.2, 0) is 11.3 Å². The van der Waals surface area contributed by atoms with Gasteiger partial charge in [-0.3, -0.25) is 0 Å². The molecule has 3 aromatic rings. The zero-order valence-corrected chi connectivity index (χ0v) is 22.4. The lowest BCUT2D eigenvalue weighted by Gasteiger charge is -2.37. The van der Waals surface area contributed by atoms with Gasteiger partial charge in [0.1, 0.15) is 35.3 Å². The topological polar surface area (TPSA) is 108 Å². The molecule has 2 aromatic heterocycles. The molecule has 0 aliphatic carbocycles. The van der Waals surface area contributed by atoms with Gasteiger partial charge in [0.05, 0.1) is 24.8 Å². The Balaban J connectivity index is 1.39. The van der Waals surface area contributed by atoms with E-state index in [-0.39, 0.29) is 24.6 Å². The first kappa shape index (κ1) is 25.3. The summed E-state index contributed by atoms with van der Waals surface area (Å²) in [7, 11) is 0. The summed E-state index contributed by atoms with van der Waals surface area (Å²) >= 11 is 0. The van der Waals surface area contributed by atoms with Gasteiger partial charge in [0, 0.05) is 24.7 Å². The highest BCUT2D eigenvalue weighted by Gasteiger charge is 2.34. The minimum Gasteiger partial charge on any atom is -0.491 e. The number of β-amino-alcohol motifs (C(OH)–C–C–N with tert-alkyl or cyclic N) is 1. The van der Waals surface area contributed by atoms with Crippen LogP contribution in [0.25, 0.3) is 22.9 Å². The number of carbonyl (C=O) groups excluding carboxylic acids is 1. The number of carbonyl (C=O) groups is 1. The van der Waals surface area contributed by atoms with Crippen molar-refractivity contribution in [3.8, 4) is 28.7 Å². The second kappa shape index (κ2) is 9.48. The van der Waals surface area contributed by atoms with Crippen LogP contribution in [0, 0.1) is 6.92 Å². The van der Waals surface area contributed by atoms with Crippen LogP contribution in [0.4, 0.5) is 4.79 Å². The Hall–Kier alpha value is -3.40. The van der Waals surface area contributed by atoms with E-state index in [9.17, 15) is 9.90 Å². The summed E-state index contributed by atoms with van der Waals surface area (Å²) in [5, 5.41) is 15.5. The van der Waals surface area contributed by atoms with E-state index in [1.165, 1.54) is 0 Å². The van der Waals surface area contributed by atoms with Gasteiger partial charge in [-0.1, -0.05) is 6.07 Å². The number of rotatable bonds is 3. The monoisotopic (exact) mass is 508 g/mol. The molecule has 5 rings (SSSR count). The number of aromatic nitrogens is 5. The molecule has 1 fully saturated rings. The van der Waals surface area contributed by atoms with Crippen LogP contribution >= 0.6 is 0 Å². The lowest BCUT2D eigenvalue weighted by molar-refractivity contribution is -0.00154. The molecule has 198 valence electrons. The van der Waals surface area contributed by atoms with Crippen LogP contribution in [0.2, 0.25) is 0 Å². The molecule has 0 bridgehead atoms. The number of benzene rings is 1. The number of fused-ring (bicyclic) bond motifs is 3. The number of aryl methyl sites for hydroxylation is 1. The van der Waals surface area contributed by atoms with Crippen molar-refractivity contribution >= 4 is 6.09 Å². The van der Waals surface area contributed by atoms with Gasteiger partial charge in [0.25, 0.3) is 0 Å². The Kier molecular flexibility index (Phi) is 6.47. The number of amides is 1. The normalized spacial score (nSPS) is 19.7. The summed E-state index contributed by atoms with van der Waals surface area (Å²) in [5.41, 5.74) is 2.11. The van der Waals surface area contributed by atoms with Crippen molar-refractivity contribution in [2.75, 3.05) is 19.7 Å². The molecule has 37 heavy (non-hydrogen) atoms. The first-order valence-corrected chi connectivity index (χ1v) is 12.9. The zero-order valence-electron chi connectivity index (χ0n) is 22.4. The Morgan fingerprint density at radius 2 is 1.97 bits per heavy atom. The Bertz CT molecular complexity index is 1300. The van der Waals surface area contributed by atoms with Gasteiger partial charge >= 0.3 is 6.09 Å². The molecular weight excluding hydrogens is 472 g/mol. The van der Waals surface area contributed by atoms with E-state index in [0.717, 1.165) is 40.0 Å². The van der Waals surface area contributed by atoms with Gasteiger partial charge in [-0.15, -0.1) is 0 Å². The summed E-state index contributed by atoms with van der Waals surface area (Å²) < 4.78 is 15.6. The van der Waals surface area contributed by atoms with Crippen LogP contribution in [0.1, 0.15) is 64.4 Å². The number of likely N-dealkylation sites (tertiary alicyclic amines) is 1. The van der Waals surface area contributed by atoms with Crippen molar-refractivity contribution in [1.29, 1.82) is 0 Å². The Morgan fingerprint density at radius 3 is 2.68 bits per heavy atom. The van der Waals surface area contributed by atoms with E-state index >= 15 is 0 Å². The summed E-state index contributed by atoms with van der Waals surface area (Å²) in [4.78, 5) is 23.6. The molecule has 4 heterocycles.